The molecule has 1 aromatic heterocycles. The van der Waals surface area contributed by atoms with Gasteiger partial charge in [-0.25, -0.2) is 4.68 Å². The molecule has 0 atom stereocenters. The van der Waals surface area contributed by atoms with Gasteiger partial charge >= 0.3 is 0 Å². The maximum Gasteiger partial charge on any atom is 0.184 e. The van der Waals surface area contributed by atoms with Gasteiger partial charge in [0.1, 0.15) is 0 Å². The van der Waals surface area contributed by atoms with Crippen LogP contribution in [0.2, 0.25) is 5.02 Å². The van der Waals surface area contributed by atoms with Crippen LogP contribution in [-0.4, -0.2) is 20.2 Å². The van der Waals surface area contributed by atoms with Gasteiger partial charge in [0.2, 0.25) is 0 Å². The summed E-state index contributed by atoms with van der Waals surface area (Å²) in [6, 6.07) is 5.36. The first-order valence-electron chi connectivity index (χ1n) is 6.94. The van der Waals surface area contributed by atoms with Crippen LogP contribution >= 0.6 is 11.6 Å². The van der Waals surface area contributed by atoms with E-state index in [0.717, 1.165) is 12.0 Å². The van der Waals surface area contributed by atoms with Gasteiger partial charge in [0.25, 0.3) is 0 Å². The van der Waals surface area contributed by atoms with Gasteiger partial charge in [-0.05, 0) is 54.3 Å². The zero-order valence-electron chi connectivity index (χ0n) is 13.2. The van der Waals surface area contributed by atoms with Crippen LogP contribution in [0.4, 0.5) is 5.69 Å². The van der Waals surface area contributed by atoms with Crippen LogP contribution in [0.25, 0.3) is 11.4 Å². The molecule has 2 rings (SSSR count). The summed E-state index contributed by atoms with van der Waals surface area (Å²) in [5.74, 6) is 0.665. The first kappa shape index (κ1) is 15.8. The lowest BCUT2D eigenvalue weighted by Gasteiger charge is -2.32. The zero-order valence-corrected chi connectivity index (χ0v) is 13.9. The highest BCUT2D eigenvalue weighted by Gasteiger charge is 2.31. The van der Waals surface area contributed by atoms with Gasteiger partial charge in [0.15, 0.2) is 5.82 Å². The normalized spacial score (nSPS) is 12.7. The molecule has 0 unspecified atom stereocenters. The SMILES string of the molecule is CC(C)(C)CC(C)(C)n1nnnc1-c1ccc(Cl)cc1N. The Kier molecular flexibility index (Phi) is 3.97. The number of nitrogens with two attached hydrogens (primary N) is 1. The largest absolute Gasteiger partial charge is 0.398 e. The van der Waals surface area contributed by atoms with E-state index in [4.69, 9.17) is 17.3 Å². The molecule has 0 fully saturated rings. The highest BCUT2D eigenvalue weighted by atomic mass is 35.5. The van der Waals surface area contributed by atoms with Crippen molar-refractivity contribution in [1.29, 1.82) is 0 Å². The highest BCUT2D eigenvalue weighted by molar-refractivity contribution is 6.31. The van der Waals surface area contributed by atoms with E-state index in [1.54, 1.807) is 12.1 Å². The van der Waals surface area contributed by atoms with Gasteiger partial charge < -0.3 is 5.73 Å². The van der Waals surface area contributed by atoms with E-state index in [-0.39, 0.29) is 11.0 Å². The van der Waals surface area contributed by atoms with E-state index >= 15 is 0 Å². The second kappa shape index (κ2) is 5.30. The third kappa shape index (κ3) is 3.53. The van der Waals surface area contributed by atoms with E-state index < -0.39 is 0 Å². The smallest absolute Gasteiger partial charge is 0.184 e. The third-order valence-corrected chi connectivity index (χ3v) is 3.50. The number of nitrogen functional groups attached to an aromatic ring is 1. The number of tetrazole rings is 1. The van der Waals surface area contributed by atoms with Crippen LogP contribution in [0.5, 0.6) is 0 Å². The molecule has 0 aliphatic heterocycles. The summed E-state index contributed by atoms with van der Waals surface area (Å²) in [5, 5.41) is 12.8. The Labute approximate surface area is 130 Å². The number of aromatic nitrogens is 4. The minimum Gasteiger partial charge on any atom is -0.398 e. The van der Waals surface area contributed by atoms with Crippen molar-refractivity contribution in [3.63, 3.8) is 0 Å². The van der Waals surface area contributed by atoms with Gasteiger partial charge in [0.05, 0.1) is 5.54 Å². The minimum atomic E-state index is -0.219. The van der Waals surface area contributed by atoms with E-state index in [0.29, 0.717) is 16.5 Å². The quantitative estimate of drug-likeness (QED) is 0.877. The van der Waals surface area contributed by atoms with E-state index in [1.807, 2.05) is 10.7 Å². The van der Waals surface area contributed by atoms with Crippen LogP contribution < -0.4 is 5.73 Å². The van der Waals surface area contributed by atoms with Crippen molar-refractivity contribution in [3.8, 4) is 11.4 Å². The minimum absolute atomic E-state index is 0.165. The van der Waals surface area contributed by atoms with Crippen molar-refractivity contribution in [1.82, 2.24) is 20.2 Å². The fourth-order valence-electron chi connectivity index (χ4n) is 2.87. The number of benzene rings is 1. The molecule has 6 heteroatoms. The lowest BCUT2D eigenvalue weighted by molar-refractivity contribution is 0.197. The fraction of sp³-hybridized carbons (Fsp3) is 0.533. The van der Waals surface area contributed by atoms with Gasteiger partial charge in [-0.1, -0.05) is 32.4 Å². The highest BCUT2D eigenvalue weighted by Crippen LogP contribution is 2.35. The van der Waals surface area contributed by atoms with E-state index in [2.05, 4.69) is 50.1 Å². The summed E-state index contributed by atoms with van der Waals surface area (Å²) in [7, 11) is 0. The van der Waals surface area contributed by atoms with Crippen LogP contribution in [0, 0.1) is 5.41 Å². The molecule has 1 aromatic carbocycles. The molecule has 0 bridgehead atoms. The molecule has 2 aromatic rings. The van der Waals surface area contributed by atoms with Crippen molar-refractivity contribution in [2.45, 2.75) is 46.6 Å². The first-order chi connectivity index (χ1) is 9.60. The Morgan fingerprint density at radius 1 is 1.19 bits per heavy atom. The van der Waals surface area contributed by atoms with Crippen LogP contribution in [0.15, 0.2) is 18.2 Å². The molecular formula is C15H22ClN5. The van der Waals surface area contributed by atoms with Gasteiger partial charge in [-0.3, -0.25) is 0 Å². The summed E-state index contributed by atoms with van der Waals surface area (Å²) in [4.78, 5) is 0. The van der Waals surface area contributed by atoms with E-state index in [1.165, 1.54) is 0 Å². The number of hydrogen-bond acceptors (Lipinski definition) is 4. The van der Waals surface area contributed by atoms with Crippen molar-refractivity contribution in [3.05, 3.63) is 23.2 Å². The Morgan fingerprint density at radius 3 is 2.43 bits per heavy atom. The summed E-state index contributed by atoms with van der Waals surface area (Å²) in [5.41, 5.74) is 7.38. The second-order valence-electron chi connectivity index (χ2n) is 7.20. The molecule has 0 aliphatic rings. The average molecular weight is 308 g/mol. The molecule has 0 saturated carbocycles. The summed E-state index contributed by atoms with van der Waals surface area (Å²) >= 11 is 5.96. The van der Waals surface area contributed by atoms with Crippen molar-refractivity contribution in [2.24, 2.45) is 5.41 Å². The van der Waals surface area contributed by atoms with Crippen LogP contribution in [0.3, 0.4) is 0 Å². The van der Waals surface area contributed by atoms with Crippen molar-refractivity contribution < 1.29 is 0 Å². The standard InChI is InChI=1S/C15H22ClN5/c1-14(2,3)9-15(4,5)21-13(18-19-20-21)11-7-6-10(16)8-12(11)17/h6-8H,9,17H2,1-5H3. The zero-order chi connectivity index (χ0) is 15.8. The molecule has 0 saturated heterocycles. The van der Waals surface area contributed by atoms with Crippen LogP contribution in [0.1, 0.15) is 41.0 Å². The first-order valence-corrected chi connectivity index (χ1v) is 7.32. The predicted octanol–water partition coefficient (Wildman–Crippen LogP) is 3.75. The summed E-state index contributed by atoms with van der Waals surface area (Å²) in [6.07, 6.45) is 0.936. The third-order valence-electron chi connectivity index (χ3n) is 3.26. The number of rotatable bonds is 3. The fourth-order valence-corrected chi connectivity index (χ4v) is 3.05. The summed E-state index contributed by atoms with van der Waals surface area (Å²) in [6.45, 7) is 10.9. The second-order valence-corrected chi connectivity index (χ2v) is 7.63. The van der Waals surface area contributed by atoms with Crippen molar-refractivity contribution in [2.75, 3.05) is 5.73 Å². The Balaban J connectivity index is 2.47. The van der Waals surface area contributed by atoms with Gasteiger partial charge in [-0.15, -0.1) is 5.10 Å². The molecule has 2 N–H and O–H groups in total. The van der Waals surface area contributed by atoms with E-state index in [9.17, 15) is 0 Å². The molecule has 5 nitrogen and oxygen atoms in total. The number of halogens is 1. The lowest BCUT2D eigenvalue weighted by Crippen LogP contribution is -2.33. The molecule has 0 aliphatic carbocycles. The molecule has 114 valence electrons. The number of nitrogens with zero attached hydrogens (tertiary/aromatic N) is 4. The monoisotopic (exact) mass is 307 g/mol. The predicted molar refractivity (Wildman–Crippen MR) is 86.1 cm³/mol. The molecule has 0 spiro atoms. The van der Waals surface area contributed by atoms with Crippen molar-refractivity contribution >= 4 is 17.3 Å². The topological polar surface area (TPSA) is 69.6 Å². The maximum absolute atomic E-state index is 6.06. The number of anilines is 1. The molecule has 0 radical (unpaired) electrons. The summed E-state index contributed by atoms with van der Waals surface area (Å²) < 4.78 is 1.85. The lowest BCUT2D eigenvalue weighted by atomic mass is 9.82. The molecule has 21 heavy (non-hydrogen) atoms. The Bertz CT molecular complexity index is 640. The Morgan fingerprint density at radius 2 is 1.86 bits per heavy atom. The van der Waals surface area contributed by atoms with Gasteiger partial charge in [0, 0.05) is 16.3 Å². The van der Waals surface area contributed by atoms with Gasteiger partial charge in [-0.2, -0.15) is 0 Å². The molecular weight excluding hydrogens is 286 g/mol. The molecule has 1 heterocycles. The number of hydrogen-bond donors (Lipinski definition) is 1. The Hall–Kier alpha value is -1.62. The average Bonchev–Trinajstić information content (AvgIpc) is 2.75. The molecule has 0 amide bonds. The maximum atomic E-state index is 6.06. The van der Waals surface area contributed by atoms with Crippen LogP contribution in [-0.2, 0) is 5.54 Å².